The molecule has 4 heteroatoms. The first-order chi connectivity index (χ1) is 9.29. The van der Waals surface area contributed by atoms with Crippen molar-refractivity contribution in [1.29, 1.82) is 0 Å². The molecule has 1 aromatic carbocycles. The van der Waals surface area contributed by atoms with E-state index in [1.807, 2.05) is 12.1 Å². The third-order valence-corrected chi connectivity index (χ3v) is 3.99. The van der Waals surface area contributed by atoms with Gasteiger partial charge in [-0.3, -0.25) is 4.98 Å². The van der Waals surface area contributed by atoms with E-state index in [0.29, 0.717) is 12.5 Å². The van der Waals surface area contributed by atoms with E-state index in [-0.39, 0.29) is 0 Å². The summed E-state index contributed by atoms with van der Waals surface area (Å²) in [4.78, 5) is 6.75. The highest BCUT2D eigenvalue weighted by atomic mass is 16.3. The zero-order chi connectivity index (χ0) is 13.2. The van der Waals surface area contributed by atoms with Crippen LogP contribution in [0.15, 0.2) is 30.5 Å². The number of piperidine rings is 1. The van der Waals surface area contributed by atoms with E-state index < -0.39 is 0 Å². The van der Waals surface area contributed by atoms with Crippen molar-refractivity contribution < 1.29 is 5.11 Å². The molecule has 3 rings (SSSR count). The van der Waals surface area contributed by atoms with Crippen LogP contribution in [0.5, 0.6) is 0 Å². The molecular weight excluding hydrogens is 238 g/mol. The second-order valence-electron chi connectivity index (χ2n) is 5.19. The van der Waals surface area contributed by atoms with E-state index in [1.165, 1.54) is 5.69 Å². The van der Waals surface area contributed by atoms with Gasteiger partial charge >= 0.3 is 0 Å². The molecule has 0 unspecified atom stereocenters. The lowest BCUT2D eigenvalue weighted by Crippen LogP contribution is -2.34. The molecule has 3 N–H and O–H groups in total. The number of hydrogen-bond acceptors (Lipinski definition) is 4. The first-order valence-corrected chi connectivity index (χ1v) is 6.78. The number of pyridine rings is 1. The predicted octanol–water partition coefficient (Wildman–Crippen LogP) is 2.03. The molecule has 0 saturated carbocycles. The van der Waals surface area contributed by atoms with Gasteiger partial charge in [-0.2, -0.15) is 0 Å². The van der Waals surface area contributed by atoms with Gasteiger partial charge in [0.05, 0.1) is 11.2 Å². The summed E-state index contributed by atoms with van der Waals surface area (Å²) in [5, 5.41) is 10.3. The van der Waals surface area contributed by atoms with Crippen LogP contribution in [0.1, 0.15) is 12.8 Å². The Morgan fingerprint density at radius 3 is 2.79 bits per heavy atom. The minimum Gasteiger partial charge on any atom is -0.397 e. The van der Waals surface area contributed by atoms with Crippen molar-refractivity contribution in [2.75, 3.05) is 30.3 Å². The van der Waals surface area contributed by atoms with Crippen molar-refractivity contribution >= 4 is 22.3 Å². The lowest BCUT2D eigenvalue weighted by Gasteiger charge is -2.33. The fourth-order valence-corrected chi connectivity index (χ4v) is 2.81. The summed E-state index contributed by atoms with van der Waals surface area (Å²) < 4.78 is 0. The van der Waals surface area contributed by atoms with Crippen molar-refractivity contribution in [2.24, 2.45) is 5.92 Å². The van der Waals surface area contributed by atoms with Crippen molar-refractivity contribution in [3.63, 3.8) is 0 Å². The first kappa shape index (κ1) is 12.2. The van der Waals surface area contributed by atoms with E-state index >= 15 is 0 Å². The molecule has 0 atom stereocenters. The summed E-state index contributed by atoms with van der Waals surface area (Å²) in [5.41, 5.74) is 8.79. The number of hydrogen-bond donors (Lipinski definition) is 2. The lowest BCUT2D eigenvalue weighted by molar-refractivity contribution is 0.203. The van der Waals surface area contributed by atoms with Crippen LogP contribution >= 0.6 is 0 Å². The van der Waals surface area contributed by atoms with Crippen LogP contribution in [-0.4, -0.2) is 29.8 Å². The quantitative estimate of drug-likeness (QED) is 0.808. The Hall–Kier alpha value is -1.81. The molecule has 1 aromatic heterocycles. The number of benzene rings is 1. The summed E-state index contributed by atoms with van der Waals surface area (Å²) in [6.07, 6.45) is 3.87. The van der Waals surface area contributed by atoms with Crippen molar-refractivity contribution in [2.45, 2.75) is 12.8 Å². The van der Waals surface area contributed by atoms with Gasteiger partial charge in [-0.05, 0) is 43.0 Å². The van der Waals surface area contributed by atoms with E-state index in [9.17, 15) is 5.11 Å². The monoisotopic (exact) mass is 257 g/mol. The van der Waals surface area contributed by atoms with E-state index in [2.05, 4.69) is 22.0 Å². The summed E-state index contributed by atoms with van der Waals surface area (Å²) >= 11 is 0. The number of nitrogen functional groups attached to an aromatic ring is 1. The van der Waals surface area contributed by atoms with Gasteiger partial charge in [0.2, 0.25) is 0 Å². The molecule has 1 saturated heterocycles. The zero-order valence-electron chi connectivity index (χ0n) is 10.9. The fraction of sp³-hybridized carbons (Fsp3) is 0.400. The van der Waals surface area contributed by atoms with Crippen LogP contribution < -0.4 is 10.6 Å². The molecule has 2 aromatic rings. The maximum atomic E-state index is 9.21. The minimum atomic E-state index is 0.303. The number of anilines is 2. The average molecular weight is 257 g/mol. The zero-order valence-corrected chi connectivity index (χ0v) is 10.9. The van der Waals surface area contributed by atoms with Gasteiger partial charge in [0.15, 0.2) is 0 Å². The maximum absolute atomic E-state index is 9.21. The molecule has 0 aliphatic carbocycles. The number of aromatic nitrogens is 1. The topological polar surface area (TPSA) is 62.4 Å². The van der Waals surface area contributed by atoms with Crippen molar-refractivity contribution in [3.05, 3.63) is 30.5 Å². The van der Waals surface area contributed by atoms with Crippen molar-refractivity contribution in [3.8, 4) is 0 Å². The second kappa shape index (κ2) is 5.05. The van der Waals surface area contributed by atoms with E-state index in [4.69, 9.17) is 5.73 Å². The predicted molar refractivity (Wildman–Crippen MR) is 78.2 cm³/mol. The molecule has 0 amide bonds. The largest absolute Gasteiger partial charge is 0.397 e. The Balaban J connectivity index is 1.95. The molecule has 0 spiro atoms. The molecule has 1 aliphatic rings. The smallest absolute Gasteiger partial charge is 0.0951 e. The fourth-order valence-electron chi connectivity index (χ4n) is 2.81. The molecule has 1 fully saturated rings. The van der Waals surface area contributed by atoms with Gasteiger partial charge in [0, 0.05) is 37.0 Å². The van der Waals surface area contributed by atoms with E-state index in [0.717, 1.165) is 42.5 Å². The third-order valence-electron chi connectivity index (χ3n) is 3.99. The van der Waals surface area contributed by atoms with E-state index in [1.54, 1.807) is 6.20 Å². The molecule has 100 valence electrons. The molecule has 2 heterocycles. The number of nitrogens with zero attached hydrogens (tertiary/aromatic N) is 2. The van der Waals surface area contributed by atoms with Crippen LogP contribution in [0, 0.1) is 5.92 Å². The van der Waals surface area contributed by atoms with Crippen LogP contribution in [0.25, 0.3) is 10.9 Å². The van der Waals surface area contributed by atoms with Crippen LogP contribution in [0.4, 0.5) is 11.4 Å². The molecule has 4 nitrogen and oxygen atoms in total. The normalized spacial score (nSPS) is 17.0. The second-order valence-corrected chi connectivity index (χ2v) is 5.19. The van der Waals surface area contributed by atoms with Gasteiger partial charge in [0.1, 0.15) is 0 Å². The Morgan fingerprint density at radius 2 is 2.05 bits per heavy atom. The van der Waals surface area contributed by atoms with Gasteiger partial charge in [-0.1, -0.05) is 0 Å². The third kappa shape index (κ3) is 2.24. The highest BCUT2D eigenvalue weighted by molar-refractivity contribution is 5.98. The number of aliphatic hydroxyl groups is 1. The minimum absolute atomic E-state index is 0.303. The summed E-state index contributed by atoms with van der Waals surface area (Å²) in [7, 11) is 0. The van der Waals surface area contributed by atoms with Crippen molar-refractivity contribution in [1.82, 2.24) is 4.98 Å². The van der Waals surface area contributed by atoms with Gasteiger partial charge in [-0.25, -0.2) is 0 Å². The highest BCUT2D eigenvalue weighted by Crippen LogP contribution is 2.31. The van der Waals surface area contributed by atoms with Gasteiger partial charge in [0.25, 0.3) is 0 Å². The Labute approximate surface area is 112 Å². The van der Waals surface area contributed by atoms with Gasteiger partial charge < -0.3 is 15.7 Å². The molecular formula is C15H19N3O. The summed E-state index contributed by atoms with van der Waals surface area (Å²) in [6, 6.07) is 8.04. The summed E-state index contributed by atoms with van der Waals surface area (Å²) in [5.74, 6) is 0.453. The molecule has 0 bridgehead atoms. The lowest BCUT2D eigenvalue weighted by atomic mass is 9.97. The standard InChI is InChI=1S/C15H19N3O/c16-13-3-4-14(12-2-1-7-17-15(12)13)18-8-5-11(10-19)6-9-18/h1-4,7,11,19H,5-6,8-10,16H2. The Morgan fingerprint density at radius 1 is 1.26 bits per heavy atom. The number of fused-ring (bicyclic) bond motifs is 1. The number of aliphatic hydroxyl groups excluding tert-OH is 1. The van der Waals surface area contributed by atoms with Crippen LogP contribution in [-0.2, 0) is 0 Å². The van der Waals surface area contributed by atoms with Crippen LogP contribution in [0.3, 0.4) is 0 Å². The number of nitrogens with two attached hydrogens (primary N) is 1. The maximum Gasteiger partial charge on any atom is 0.0951 e. The number of rotatable bonds is 2. The highest BCUT2D eigenvalue weighted by Gasteiger charge is 2.20. The summed E-state index contributed by atoms with van der Waals surface area (Å²) in [6.45, 7) is 2.27. The van der Waals surface area contributed by atoms with Gasteiger partial charge in [-0.15, -0.1) is 0 Å². The molecule has 1 aliphatic heterocycles. The molecule has 0 radical (unpaired) electrons. The van der Waals surface area contributed by atoms with Crippen LogP contribution in [0.2, 0.25) is 0 Å². The average Bonchev–Trinajstić information content (AvgIpc) is 2.48. The Bertz CT molecular complexity index is 577. The Kier molecular flexibility index (Phi) is 3.25. The first-order valence-electron chi connectivity index (χ1n) is 6.78. The molecule has 19 heavy (non-hydrogen) atoms. The SMILES string of the molecule is Nc1ccc(N2CCC(CO)CC2)c2cccnc12.